The van der Waals surface area contributed by atoms with Gasteiger partial charge in [0, 0.05) is 19.2 Å². The summed E-state index contributed by atoms with van der Waals surface area (Å²) in [5.74, 6) is 1.75. The topological polar surface area (TPSA) is 80.5 Å². The van der Waals surface area contributed by atoms with Crippen LogP contribution in [0.1, 0.15) is 13.8 Å². The van der Waals surface area contributed by atoms with Crippen molar-refractivity contribution < 1.29 is 9.66 Å². The fourth-order valence-corrected chi connectivity index (χ4v) is 2.30. The maximum atomic E-state index is 11.2. The summed E-state index contributed by atoms with van der Waals surface area (Å²) >= 11 is 0. The Kier molecular flexibility index (Phi) is 6.36. The molecular weight excluding hydrogens is 308 g/mol. The van der Waals surface area contributed by atoms with Gasteiger partial charge in [-0.25, -0.2) is 4.98 Å². The second-order valence-electron chi connectivity index (χ2n) is 5.05. The summed E-state index contributed by atoms with van der Waals surface area (Å²) in [5, 5.41) is 14.2. The van der Waals surface area contributed by atoms with Crippen LogP contribution in [0.5, 0.6) is 5.75 Å². The third kappa shape index (κ3) is 4.58. The minimum absolute atomic E-state index is 0.0365. The van der Waals surface area contributed by atoms with Crippen LogP contribution in [-0.2, 0) is 0 Å². The van der Waals surface area contributed by atoms with Crippen LogP contribution in [0, 0.1) is 10.1 Å². The summed E-state index contributed by atoms with van der Waals surface area (Å²) < 4.78 is 5.58. The van der Waals surface area contributed by atoms with E-state index in [4.69, 9.17) is 4.74 Å². The summed E-state index contributed by atoms with van der Waals surface area (Å²) in [6, 6.07) is 12.6. The quantitative estimate of drug-likeness (QED) is 0.431. The van der Waals surface area contributed by atoms with Crippen LogP contribution in [-0.4, -0.2) is 36.1 Å². The molecule has 0 aliphatic heterocycles. The lowest BCUT2D eigenvalue weighted by atomic mass is 10.3. The van der Waals surface area contributed by atoms with Crippen LogP contribution in [0.15, 0.2) is 42.5 Å². The van der Waals surface area contributed by atoms with E-state index in [-0.39, 0.29) is 11.5 Å². The highest BCUT2D eigenvalue weighted by Crippen LogP contribution is 2.25. The number of nitrogens with one attached hydrogen (secondary N) is 1. The van der Waals surface area contributed by atoms with Gasteiger partial charge in [0.05, 0.1) is 11.5 Å². The van der Waals surface area contributed by atoms with Gasteiger partial charge in [0.1, 0.15) is 18.2 Å². The van der Waals surface area contributed by atoms with E-state index in [1.807, 2.05) is 49.1 Å². The predicted octanol–water partition coefficient (Wildman–Crippen LogP) is 3.33. The zero-order valence-electron chi connectivity index (χ0n) is 13.9. The van der Waals surface area contributed by atoms with Gasteiger partial charge >= 0.3 is 5.69 Å². The average molecular weight is 330 g/mol. The molecule has 0 fully saturated rings. The van der Waals surface area contributed by atoms with Gasteiger partial charge in [0.2, 0.25) is 5.82 Å². The molecule has 0 bridgehead atoms. The number of anilines is 2. The van der Waals surface area contributed by atoms with E-state index in [1.54, 1.807) is 6.07 Å². The predicted molar refractivity (Wildman–Crippen MR) is 94.9 cm³/mol. The van der Waals surface area contributed by atoms with Gasteiger partial charge < -0.3 is 15.0 Å². The molecule has 0 atom stereocenters. The van der Waals surface area contributed by atoms with Crippen LogP contribution in [0.3, 0.4) is 0 Å². The Morgan fingerprint density at radius 1 is 1.17 bits per heavy atom. The standard InChI is InChI=1S/C17H22N4O3/c1-3-20(4-2)16-11-10-15(21(22)23)17(19-16)18-12-13-24-14-8-6-5-7-9-14/h5-11H,3-4,12-13H2,1-2H3,(H,18,19). The van der Waals surface area contributed by atoms with Crippen molar-refractivity contribution in [2.24, 2.45) is 0 Å². The number of rotatable bonds is 9. The highest BCUT2D eigenvalue weighted by atomic mass is 16.6. The number of para-hydroxylation sites is 1. The Bertz CT molecular complexity index is 660. The summed E-state index contributed by atoms with van der Waals surface area (Å²) in [4.78, 5) is 17.2. The summed E-state index contributed by atoms with van der Waals surface area (Å²) in [6.45, 7) is 6.43. The van der Waals surface area contributed by atoms with Crippen LogP contribution < -0.4 is 15.0 Å². The molecular formula is C17H22N4O3. The molecule has 0 radical (unpaired) electrons. The fraction of sp³-hybridized carbons (Fsp3) is 0.353. The molecule has 2 aromatic rings. The lowest BCUT2D eigenvalue weighted by molar-refractivity contribution is -0.384. The third-order valence-electron chi connectivity index (χ3n) is 3.55. The van der Waals surface area contributed by atoms with Crippen molar-refractivity contribution in [2.45, 2.75) is 13.8 Å². The first-order chi connectivity index (χ1) is 11.7. The van der Waals surface area contributed by atoms with Gasteiger partial charge in [-0.15, -0.1) is 0 Å². The second-order valence-corrected chi connectivity index (χ2v) is 5.05. The zero-order chi connectivity index (χ0) is 17.4. The Labute approximate surface area is 141 Å². The number of nitro groups is 1. The Morgan fingerprint density at radius 2 is 1.88 bits per heavy atom. The molecule has 128 valence electrons. The van der Waals surface area contributed by atoms with Crippen LogP contribution in [0.25, 0.3) is 0 Å². The number of aromatic nitrogens is 1. The van der Waals surface area contributed by atoms with Crippen molar-refractivity contribution in [2.75, 3.05) is 36.5 Å². The molecule has 0 spiro atoms. The minimum atomic E-state index is -0.431. The van der Waals surface area contributed by atoms with Gasteiger partial charge in [-0.05, 0) is 32.0 Å². The molecule has 0 aliphatic carbocycles. The van der Waals surface area contributed by atoms with Crippen LogP contribution in [0.4, 0.5) is 17.3 Å². The number of hydrogen-bond acceptors (Lipinski definition) is 6. The number of hydrogen-bond donors (Lipinski definition) is 1. The number of benzene rings is 1. The van der Waals surface area contributed by atoms with Crippen molar-refractivity contribution in [3.63, 3.8) is 0 Å². The summed E-state index contributed by atoms with van der Waals surface area (Å²) in [5.41, 5.74) is -0.0365. The lowest BCUT2D eigenvalue weighted by Gasteiger charge is -2.20. The zero-order valence-corrected chi connectivity index (χ0v) is 13.9. The first-order valence-corrected chi connectivity index (χ1v) is 7.97. The second kappa shape index (κ2) is 8.71. The molecule has 0 unspecified atom stereocenters. The molecule has 1 N–H and O–H groups in total. The highest BCUT2D eigenvalue weighted by molar-refractivity contribution is 5.60. The van der Waals surface area contributed by atoms with Gasteiger partial charge in [-0.3, -0.25) is 10.1 Å². The summed E-state index contributed by atoms with van der Waals surface area (Å²) in [7, 11) is 0. The maximum absolute atomic E-state index is 11.2. The van der Waals surface area contributed by atoms with Gasteiger partial charge in [0.25, 0.3) is 0 Å². The van der Waals surface area contributed by atoms with Gasteiger partial charge in [-0.1, -0.05) is 18.2 Å². The molecule has 0 saturated heterocycles. The van der Waals surface area contributed by atoms with Crippen LogP contribution >= 0.6 is 0 Å². The van der Waals surface area contributed by atoms with Crippen LogP contribution in [0.2, 0.25) is 0 Å². The Hall–Kier alpha value is -2.83. The maximum Gasteiger partial charge on any atom is 0.311 e. The molecule has 1 heterocycles. The van der Waals surface area contributed by atoms with E-state index in [2.05, 4.69) is 10.3 Å². The van der Waals surface area contributed by atoms with E-state index < -0.39 is 4.92 Å². The van der Waals surface area contributed by atoms with E-state index in [0.717, 1.165) is 24.7 Å². The van der Waals surface area contributed by atoms with E-state index in [1.165, 1.54) is 6.07 Å². The highest BCUT2D eigenvalue weighted by Gasteiger charge is 2.17. The van der Waals surface area contributed by atoms with Crippen molar-refractivity contribution in [1.82, 2.24) is 4.98 Å². The molecule has 1 aromatic heterocycles. The monoisotopic (exact) mass is 330 g/mol. The first kappa shape index (κ1) is 17.5. The average Bonchev–Trinajstić information content (AvgIpc) is 2.60. The van der Waals surface area contributed by atoms with Gasteiger partial charge in [-0.2, -0.15) is 0 Å². The molecule has 0 amide bonds. The number of pyridine rings is 1. The summed E-state index contributed by atoms with van der Waals surface area (Å²) in [6.07, 6.45) is 0. The minimum Gasteiger partial charge on any atom is -0.492 e. The molecule has 7 heteroatoms. The normalized spacial score (nSPS) is 10.2. The van der Waals surface area contributed by atoms with E-state index in [0.29, 0.717) is 13.2 Å². The molecule has 1 aromatic carbocycles. The van der Waals surface area contributed by atoms with Crippen molar-refractivity contribution >= 4 is 17.3 Å². The Morgan fingerprint density at radius 3 is 2.50 bits per heavy atom. The Balaban J connectivity index is 2.03. The fourth-order valence-electron chi connectivity index (χ4n) is 2.30. The SMILES string of the molecule is CCN(CC)c1ccc([N+](=O)[O-])c(NCCOc2ccccc2)n1. The largest absolute Gasteiger partial charge is 0.492 e. The van der Waals surface area contributed by atoms with Crippen molar-refractivity contribution in [1.29, 1.82) is 0 Å². The smallest absolute Gasteiger partial charge is 0.311 e. The molecule has 24 heavy (non-hydrogen) atoms. The number of ether oxygens (including phenoxy) is 1. The van der Waals surface area contributed by atoms with E-state index >= 15 is 0 Å². The molecule has 0 aliphatic rings. The third-order valence-corrected chi connectivity index (χ3v) is 3.55. The van der Waals surface area contributed by atoms with E-state index in [9.17, 15) is 10.1 Å². The van der Waals surface area contributed by atoms with Crippen molar-refractivity contribution in [3.05, 3.63) is 52.6 Å². The molecule has 7 nitrogen and oxygen atoms in total. The number of nitrogens with zero attached hydrogens (tertiary/aromatic N) is 3. The van der Waals surface area contributed by atoms with Crippen molar-refractivity contribution in [3.8, 4) is 5.75 Å². The first-order valence-electron chi connectivity index (χ1n) is 7.97. The lowest BCUT2D eigenvalue weighted by Crippen LogP contribution is -2.23. The van der Waals surface area contributed by atoms with Gasteiger partial charge in [0.15, 0.2) is 0 Å². The molecule has 2 rings (SSSR count). The molecule has 0 saturated carbocycles.